The number of ether oxygens (including phenoxy) is 1. The first-order valence-electron chi connectivity index (χ1n) is 10.6. The fraction of sp³-hybridized carbons (Fsp3) is 0.154. The van der Waals surface area contributed by atoms with Crippen molar-refractivity contribution >= 4 is 34.7 Å². The van der Waals surface area contributed by atoms with Crippen LogP contribution in [0, 0.1) is 0 Å². The van der Waals surface area contributed by atoms with Gasteiger partial charge < -0.3 is 15.2 Å². The molecule has 0 saturated heterocycles. The van der Waals surface area contributed by atoms with Gasteiger partial charge in [0.15, 0.2) is 0 Å². The van der Waals surface area contributed by atoms with Crippen molar-refractivity contribution in [1.29, 1.82) is 0 Å². The number of benzene rings is 2. The van der Waals surface area contributed by atoms with E-state index in [4.69, 9.17) is 4.74 Å². The van der Waals surface area contributed by atoms with Crippen LogP contribution in [0.5, 0.6) is 0 Å². The first-order chi connectivity index (χ1) is 16.1. The summed E-state index contributed by atoms with van der Waals surface area (Å²) >= 11 is 3.18. The van der Waals surface area contributed by atoms with Gasteiger partial charge in [-0.3, -0.25) is 0 Å². The van der Waals surface area contributed by atoms with E-state index in [0.29, 0.717) is 0 Å². The minimum absolute atomic E-state index is 0.0721. The van der Waals surface area contributed by atoms with E-state index in [1.807, 2.05) is 66.0 Å². The zero-order chi connectivity index (χ0) is 22.8. The monoisotopic (exact) mass is 475 g/mol. The first kappa shape index (κ1) is 21.4. The Hall–Kier alpha value is -3.42. The van der Waals surface area contributed by atoms with Crippen LogP contribution < -0.4 is 5.32 Å². The van der Waals surface area contributed by atoms with Crippen molar-refractivity contribution in [1.82, 2.24) is 5.32 Å². The van der Waals surface area contributed by atoms with Crippen LogP contribution in [0.15, 0.2) is 78.2 Å². The molecule has 2 N–H and O–H groups in total. The molecule has 2 heterocycles. The molecular formula is C26H21NO4S2. The Morgan fingerprint density at radius 3 is 2.24 bits per heavy atom. The van der Waals surface area contributed by atoms with Crippen LogP contribution in [0.1, 0.15) is 21.9 Å². The minimum Gasteiger partial charge on any atom is -0.480 e. The molecule has 1 aliphatic rings. The predicted octanol–water partition coefficient (Wildman–Crippen LogP) is 6.01. The number of thiophene rings is 2. The maximum Gasteiger partial charge on any atom is 0.407 e. The minimum atomic E-state index is -1.09. The molecule has 1 aliphatic carbocycles. The lowest BCUT2D eigenvalue weighted by molar-refractivity contribution is -0.139. The highest BCUT2D eigenvalue weighted by atomic mass is 32.1. The number of aliphatic carboxylic acids is 1. The molecule has 1 unspecified atom stereocenters. The van der Waals surface area contributed by atoms with Crippen LogP contribution in [0.25, 0.3) is 20.9 Å². The zero-order valence-corrected chi connectivity index (χ0v) is 19.2. The van der Waals surface area contributed by atoms with E-state index in [-0.39, 0.29) is 18.9 Å². The largest absolute Gasteiger partial charge is 0.480 e. The first-order valence-corrected chi connectivity index (χ1v) is 12.3. The molecule has 7 heteroatoms. The van der Waals surface area contributed by atoms with Crippen LogP contribution in [-0.4, -0.2) is 29.8 Å². The summed E-state index contributed by atoms with van der Waals surface area (Å²) in [5.41, 5.74) is 4.51. The molecule has 2 aromatic carbocycles. The summed E-state index contributed by atoms with van der Waals surface area (Å²) in [7, 11) is 0. The van der Waals surface area contributed by atoms with E-state index in [1.54, 1.807) is 11.3 Å². The second-order valence-electron chi connectivity index (χ2n) is 7.81. The fourth-order valence-electron chi connectivity index (χ4n) is 4.22. The number of fused-ring (bicyclic) bond motifs is 3. The van der Waals surface area contributed by atoms with Gasteiger partial charge in [-0.25, -0.2) is 9.59 Å². The molecule has 5 nitrogen and oxygen atoms in total. The molecule has 0 saturated carbocycles. The van der Waals surface area contributed by atoms with E-state index < -0.39 is 18.1 Å². The lowest BCUT2D eigenvalue weighted by Crippen LogP contribution is -2.42. The number of carbonyl (C=O) groups is 2. The molecular weight excluding hydrogens is 454 g/mol. The third-order valence-electron chi connectivity index (χ3n) is 5.76. The highest BCUT2D eigenvalue weighted by Gasteiger charge is 2.30. The van der Waals surface area contributed by atoms with E-state index in [2.05, 4.69) is 17.4 Å². The summed E-state index contributed by atoms with van der Waals surface area (Å²) < 4.78 is 5.51. The van der Waals surface area contributed by atoms with Crippen molar-refractivity contribution in [2.75, 3.05) is 6.61 Å². The van der Waals surface area contributed by atoms with Gasteiger partial charge in [0.1, 0.15) is 12.6 Å². The Kier molecular flexibility index (Phi) is 5.98. The molecule has 166 valence electrons. The van der Waals surface area contributed by atoms with Gasteiger partial charge in [0.25, 0.3) is 0 Å². The molecule has 0 fully saturated rings. The third kappa shape index (κ3) is 4.42. The van der Waals surface area contributed by atoms with Crippen molar-refractivity contribution in [3.05, 3.63) is 94.2 Å². The number of hydrogen-bond acceptors (Lipinski definition) is 5. The van der Waals surface area contributed by atoms with Gasteiger partial charge in [-0.15, -0.1) is 22.7 Å². The van der Waals surface area contributed by atoms with E-state index in [1.165, 1.54) is 11.3 Å². The lowest BCUT2D eigenvalue weighted by atomic mass is 9.98. The molecule has 1 amide bonds. The van der Waals surface area contributed by atoms with Crippen LogP contribution in [0.4, 0.5) is 4.79 Å². The van der Waals surface area contributed by atoms with Gasteiger partial charge in [-0.1, -0.05) is 54.6 Å². The van der Waals surface area contributed by atoms with E-state index in [0.717, 1.165) is 36.9 Å². The predicted molar refractivity (Wildman–Crippen MR) is 131 cm³/mol. The number of alkyl carbamates (subject to hydrolysis) is 1. The SMILES string of the molecule is O=C(NC(Cc1ccc(-c2cccs2)s1)C(=O)O)OCC1c2ccccc2-c2ccccc21. The summed E-state index contributed by atoms with van der Waals surface area (Å²) in [6.07, 6.45) is -0.519. The highest BCUT2D eigenvalue weighted by Crippen LogP contribution is 2.44. The number of amides is 1. The average molecular weight is 476 g/mol. The average Bonchev–Trinajstić information content (AvgIpc) is 3.56. The second kappa shape index (κ2) is 9.21. The van der Waals surface area contributed by atoms with Gasteiger partial charge in [0, 0.05) is 27.0 Å². The lowest BCUT2D eigenvalue weighted by Gasteiger charge is -2.17. The quantitative estimate of drug-likeness (QED) is 0.343. The Morgan fingerprint density at radius 1 is 0.909 bits per heavy atom. The smallest absolute Gasteiger partial charge is 0.407 e. The summed E-state index contributed by atoms with van der Waals surface area (Å²) in [5, 5.41) is 14.2. The normalized spacial score (nSPS) is 13.2. The molecule has 0 radical (unpaired) electrons. The highest BCUT2D eigenvalue weighted by molar-refractivity contribution is 7.21. The van der Waals surface area contributed by atoms with Crippen molar-refractivity contribution in [2.45, 2.75) is 18.4 Å². The number of carbonyl (C=O) groups excluding carboxylic acids is 1. The Bertz CT molecular complexity index is 1250. The maximum atomic E-state index is 12.5. The number of carboxylic acid groups (broad SMARTS) is 1. The van der Waals surface area contributed by atoms with Crippen LogP contribution in [0.3, 0.4) is 0 Å². The molecule has 5 rings (SSSR count). The number of nitrogens with one attached hydrogen (secondary N) is 1. The Labute approximate surface area is 199 Å². The summed E-state index contributed by atoms with van der Waals surface area (Å²) in [6.45, 7) is 0.147. The second-order valence-corrected chi connectivity index (χ2v) is 9.92. The molecule has 4 aromatic rings. The van der Waals surface area contributed by atoms with Crippen molar-refractivity contribution in [3.63, 3.8) is 0 Å². The molecule has 2 aromatic heterocycles. The van der Waals surface area contributed by atoms with Crippen molar-refractivity contribution in [2.24, 2.45) is 0 Å². The Morgan fingerprint density at radius 2 is 1.61 bits per heavy atom. The molecule has 1 atom stereocenters. The molecule has 0 aliphatic heterocycles. The number of carboxylic acids is 1. The fourth-order valence-corrected chi connectivity index (χ4v) is 6.11. The number of hydrogen-bond donors (Lipinski definition) is 2. The topological polar surface area (TPSA) is 75.6 Å². The number of rotatable bonds is 7. The summed E-state index contributed by atoms with van der Waals surface area (Å²) in [6, 6.07) is 23.0. The molecule has 33 heavy (non-hydrogen) atoms. The van der Waals surface area contributed by atoms with Gasteiger partial charge in [0.05, 0.1) is 0 Å². The molecule has 0 spiro atoms. The Balaban J connectivity index is 1.24. The van der Waals surface area contributed by atoms with Gasteiger partial charge in [0.2, 0.25) is 0 Å². The van der Waals surface area contributed by atoms with Gasteiger partial charge in [-0.2, -0.15) is 0 Å². The molecule has 0 bridgehead atoms. The summed E-state index contributed by atoms with van der Waals surface area (Å²) in [4.78, 5) is 27.5. The third-order valence-corrected chi connectivity index (χ3v) is 7.94. The van der Waals surface area contributed by atoms with Crippen LogP contribution in [-0.2, 0) is 16.0 Å². The van der Waals surface area contributed by atoms with Gasteiger partial charge in [-0.05, 0) is 45.8 Å². The van der Waals surface area contributed by atoms with Crippen LogP contribution >= 0.6 is 22.7 Å². The van der Waals surface area contributed by atoms with E-state index >= 15 is 0 Å². The standard InChI is InChI=1S/C26H21NO4S2/c28-25(29)22(14-16-11-12-24(33-16)23-10-5-13-32-23)27-26(30)31-15-21-19-8-3-1-6-17(19)18-7-2-4-9-20(18)21/h1-13,21-22H,14-15H2,(H,27,30)(H,28,29). The van der Waals surface area contributed by atoms with Crippen molar-refractivity contribution in [3.8, 4) is 20.9 Å². The van der Waals surface area contributed by atoms with Crippen molar-refractivity contribution < 1.29 is 19.4 Å². The zero-order valence-electron chi connectivity index (χ0n) is 17.6. The van der Waals surface area contributed by atoms with Gasteiger partial charge >= 0.3 is 12.1 Å². The summed E-state index contributed by atoms with van der Waals surface area (Å²) in [5.74, 6) is -1.16. The van der Waals surface area contributed by atoms with E-state index in [9.17, 15) is 14.7 Å². The maximum absolute atomic E-state index is 12.5. The van der Waals surface area contributed by atoms with Crippen LogP contribution in [0.2, 0.25) is 0 Å².